The highest BCUT2D eigenvalue weighted by Crippen LogP contribution is 2.45. The summed E-state index contributed by atoms with van der Waals surface area (Å²) in [5, 5.41) is 42.2. The Kier molecular flexibility index (Phi) is 16.1. The van der Waals surface area contributed by atoms with Crippen LogP contribution in [0.2, 0.25) is 0 Å². The van der Waals surface area contributed by atoms with Crippen molar-refractivity contribution >= 4 is 63.9 Å². The van der Waals surface area contributed by atoms with Crippen LogP contribution in [0.1, 0.15) is 60.2 Å². The molecule has 3 atom stereocenters. The van der Waals surface area contributed by atoms with Gasteiger partial charge in [-0.2, -0.15) is 15.8 Å². The maximum Gasteiger partial charge on any atom is 0.253 e. The highest BCUT2D eigenvalue weighted by Gasteiger charge is 2.50. The molecule has 5 N–H and O–H groups in total. The van der Waals surface area contributed by atoms with Crippen LogP contribution in [0.5, 0.6) is 0 Å². The van der Waals surface area contributed by atoms with E-state index < -0.39 is 16.2 Å². The standard InChI is InChI=1S/C25H27N5O2.2C21H20N4O2/c1-28-9-11-30(12-10-28)23(31)20-4-2-3-18(13-20)19-5-6-22-21(14-19)15-25(24(32)27-22)7-8-29(16-25)17-26;1-14(26)23-18-5-2-15(3-6-18)16-4-7-19-17(10-16)11-21(20(27)24-19)8-9-25(12-21)13-22;1-14(26)23-18-4-2-3-15(10-18)16-5-6-19-17(9-16)11-21(20(27)24-19)7-8-25(12-21)13-22/h2-6,13-14H,7-12,15-16H2,1H3,(H,27,32);2-7,10H,8-9,11-12H2,1H3,(H,23,26)(H,24,27);2-6,9-10H,7-8,11-12H2,1H3,(H,23,26)(H,24,27). The zero-order valence-corrected chi connectivity index (χ0v) is 48.5. The Labute approximate surface area is 500 Å². The van der Waals surface area contributed by atoms with Crippen LogP contribution in [-0.4, -0.2) is 132 Å². The summed E-state index contributed by atoms with van der Waals surface area (Å²) in [5.74, 6) is -0.0960. The SMILES string of the molecule is CC(=O)Nc1ccc(-c2ccc3c(c2)CC2(CCN(C#N)C2)C(=O)N3)cc1.CC(=O)Nc1cccc(-c2ccc3c(c2)CC2(CCN(C#N)C2)C(=O)N3)c1.CN1CCN(C(=O)c2cccc(-c3ccc4c(c3)CC3(CCN(C#N)C3)C(=O)N4)c2)CC1. The Morgan fingerprint density at radius 2 is 0.837 bits per heavy atom. The number of benzene rings is 6. The Bertz CT molecular complexity index is 3840. The second-order valence-electron chi connectivity index (χ2n) is 23.9. The zero-order valence-electron chi connectivity index (χ0n) is 48.5. The first-order valence-corrected chi connectivity index (χ1v) is 29.1. The first kappa shape index (κ1) is 57.8. The lowest BCUT2D eigenvalue weighted by Gasteiger charge is -2.33. The predicted molar refractivity (Wildman–Crippen MR) is 327 cm³/mol. The summed E-state index contributed by atoms with van der Waals surface area (Å²) in [5.41, 5.74) is 12.6. The van der Waals surface area contributed by atoms with E-state index in [-0.39, 0.29) is 35.4 Å². The summed E-state index contributed by atoms with van der Waals surface area (Å²) in [6.07, 6.45) is 10.5. The third kappa shape index (κ3) is 12.0. The number of rotatable bonds is 6. The summed E-state index contributed by atoms with van der Waals surface area (Å²) in [6, 6.07) is 41.3. The smallest absolute Gasteiger partial charge is 0.253 e. The van der Waals surface area contributed by atoms with Crippen LogP contribution < -0.4 is 26.6 Å². The number of carbonyl (C=O) groups excluding carboxylic acids is 6. The van der Waals surface area contributed by atoms with E-state index in [9.17, 15) is 34.0 Å². The fourth-order valence-corrected chi connectivity index (χ4v) is 13.0. The van der Waals surface area contributed by atoms with E-state index in [1.807, 2.05) is 114 Å². The van der Waals surface area contributed by atoms with E-state index in [0.717, 1.165) is 105 Å². The molecule has 4 saturated heterocycles. The summed E-state index contributed by atoms with van der Waals surface area (Å²) in [7, 11) is 2.08. The van der Waals surface area contributed by atoms with Gasteiger partial charge in [-0.3, -0.25) is 28.8 Å². The number of amides is 6. The van der Waals surface area contributed by atoms with Gasteiger partial charge in [0.1, 0.15) is 0 Å². The van der Waals surface area contributed by atoms with Gasteiger partial charge in [-0.1, -0.05) is 54.6 Å². The molecular formula is C67H67N13O6. The first-order valence-electron chi connectivity index (χ1n) is 29.1. The van der Waals surface area contributed by atoms with Crippen molar-refractivity contribution in [1.29, 1.82) is 15.8 Å². The topological polar surface area (TPSA) is 250 Å². The number of nitrogens with zero attached hydrogens (tertiary/aromatic N) is 8. The van der Waals surface area contributed by atoms with E-state index in [0.29, 0.717) is 83.4 Å². The van der Waals surface area contributed by atoms with Crippen molar-refractivity contribution in [1.82, 2.24) is 24.5 Å². The highest BCUT2D eigenvalue weighted by molar-refractivity contribution is 6.02. The Morgan fingerprint density at radius 1 is 0.453 bits per heavy atom. The number of fused-ring (bicyclic) bond motifs is 3. The van der Waals surface area contributed by atoms with Crippen LogP contribution in [0.15, 0.2) is 127 Å². The fourth-order valence-electron chi connectivity index (χ4n) is 13.0. The Morgan fingerprint density at radius 3 is 1.26 bits per heavy atom. The number of likely N-dealkylation sites (N-methyl/N-ethyl adjacent to an activating group) is 1. The van der Waals surface area contributed by atoms with Gasteiger partial charge in [0.25, 0.3) is 5.91 Å². The number of likely N-dealkylation sites (tertiary alicyclic amines) is 3. The molecule has 0 radical (unpaired) electrons. The van der Waals surface area contributed by atoms with Crippen LogP contribution in [-0.2, 0) is 43.2 Å². The van der Waals surface area contributed by atoms with Gasteiger partial charge in [-0.15, -0.1) is 0 Å². The van der Waals surface area contributed by atoms with E-state index in [1.54, 1.807) is 14.7 Å². The lowest BCUT2D eigenvalue weighted by Crippen LogP contribution is -2.47. The molecule has 7 aliphatic rings. The van der Waals surface area contributed by atoms with Crippen molar-refractivity contribution in [2.75, 3.05) is 99.1 Å². The van der Waals surface area contributed by atoms with Crippen LogP contribution in [0.25, 0.3) is 33.4 Å². The Hall–Kier alpha value is -10.0. The van der Waals surface area contributed by atoms with E-state index in [1.165, 1.54) is 13.8 Å². The number of carbonyl (C=O) groups is 6. The van der Waals surface area contributed by atoms with Crippen LogP contribution in [0.4, 0.5) is 28.4 Å². The average molecular weight is 1150 g/mol. The third-order valence-corrected chi connectivity index (χ3v) is 17.9. The summed E-state index contributed by atoms with van der Waals surface area (Å²) in [4.78, 5) is 82.7. The van der Waals surface area contributed by atoms with Crippen LogP contribution in [0, 0.1) is 50.6 Å². The molecule has 6 aromatic carbocycles. The summed E-state index contributed by atoms with van der Waals surface area (Å²) >= 11 is 0. The number of anilines is 5. The molecule has 0 aliphatic carbocycles. The third-order valence-electron chi connectivity index (χ3n) is 17.9. The van der Waals surface area contributed by atoms with E-state index in [4.69, 9.17) is 10.5 Å². The van der Waals surface area contributed by atoms with Crippen LogP contribution >= 0.6 is 0 Å². The molecule has 6 amide bonds. The number of nitrogens with one attached hydrogen (secondary N) is 5. The molecule has 3 unspecified atom stereocenters. The fraction of sp³-hybridized carbons (Fsp3) is 0.328. The number of hydrogen-bond donors (Lipinski definition) is 5. The van der Waals surface area contributed by atoms with Crippen molar-refractivity contribution in [3.05, 3.63) is 150 Å². The minimum Gasteiger partial charge on any atom is -0.336 e. The van der Waals surface area contributed by atoms with Crippen molar-refractivity contribution in [3.8, 4) is 52.0 Å². The van der Waals surface area contributed by atoms with Crippen LogP contribution in [0.3, 0.4) is 0 Å². The average Bonchev–Trinajstić information content (AvgIpc) is 1.73. The molecule has 3 spiro atoms. The van der Waals surface area contributed by atoms with Gasteiger partial charge in [0, 0.05) is 113 Å². The largest absolute Gasteiger partial charge is 0.336 e. The number of hydrogen-bond acceptors (Lipinski definition) is 13. The van der Waals surface area contributed by atoms with Gasteiger partial charge >= 0.3 is 0 Å². The maximum absolute atomic E-state index is 13.0. The van der Waals surface area contributed by atoms with E-state index in [2.05, 4.69) is 75.3 Å². The lowest BCUT2D eigenvalue weighted by molar-refractivity contribution is -0.126. The molecular weight excluding hydrogens is 1080 g/mol. The van der Waals surface area contributed by atoms with Gasteiger partial charge in [-0.05, 0) is 168 Å². The molecule has 86 heavy (non-hydrogen) atoms. The summed E-state index contributed by atoms with van der Waals surface area (Å²) < 4.78 is 0. The molecule has 4 fully saturated rings. The van der Waals surface area contributed by atoms with Crippen molar-refractivity contribution in [2.24, 2.45) is 16.2 Å². The van der Waals surface area contributed by atoms with Gasteiger partial charge < -0.3 is 51.1 Å². The molecule has 0 bridgehead atoms. The van der Waals surface area contributed by atoms with E-state index >= 15 is 0 Å². The quantitative estimate of drug-likeness (QED) is 0.0985. The second kappa shape index (κ2) is 23.9. The minimum atomic E-state index is -0.541. The highest BCUT2D eigenvalue weighted by atomic mass is 16.2. The summed E-state index contributed by atoms with van der Waals surface area (Å²) in [6.45, 7) is 9.55. The lowest BCUT2D eigenvalue weighted by atomic mass is 9.76. The number of piperazine rings is 1. The maximum atomic E-state index is 13.0. The Balaban J connectivity index is 0.000000135. The molecule has 0 aromatic heterocycles. The molecule has 19 heteroatoms. The molecule has 19 nitrogen and oxygen atoms in total. The van der Waals surface area contributed by atoms with Gasteiger partial charge in [0.2, 0.25) is 29.5 Å². The van der Waals surface area contributed by atoms with Gasteiger partial charge in [-0.25, -0.2) is 0 Å². The molecule has 0 saturated carbocycles. The van der Waals surface area contributed by atoms with Crippen molar-refractivity contribution in [3.63, 3.8) is 0 Å². The zero-order chi connectivity index (χ0) is 60.3. The minimum absolute atomic E-state index is 0.00755. The van der Waals surface area contributed by atoms with Gasteiger partial charge in [0.15, 0.2) is 18.6 Å². The number of nitriles is 3. The molecule has 6 aromatic rings. The monoisotopic (exact) mass is 1150 g/mol. The molecule has 13 rings (SSSR count). The van der Waals surface area contributed by atoms with Crippen molar-refractivity contribution < 1.29 is 28.8 Å². The van der Waals surface area contributed by atoms with Crippen molar-refractivity contribution in [2.45, 2.75) is 52.4 Å². The molecule has 436 valence electrons. The molecule has 7 heterocycles. The molecule has 7 aliphatic heterocycles. The second-order valence-corrected chi connectivity index (χ2v) is 23.9. The van der Waals surface area contributed by atoms with Gasteiger partial charge in [0.05, 0.1) is 16.2 Å². The first-order chi connectivity index (χ1) is 41.4. The normalized spacial score (nSPS) is 21.6. The predicted octanol–water partition coefficient (Wildman–Crippen LogP) is 8.37.